The summed E-state index contributed by atoms with van der Waals surface area (Å²) in [6, 6.07) is 5.95. The summed E-state index contributed by atoms with van der Waals surface area (Å²) in [4.78, 5) is 16.4. The topological polar surface area (TPSA) is 96.7 Å². The van der Waals surface area contributed by atoms with Crippen LogP contribution in [0.15, 0.2) is 41.7 Å². The van der Waals surface area contributed by atoms with Crippen LogP contribution in [0, 0.1) is 17.1 Å². The number of halogens is 2. The number of nitriles is 1. The molecule has 3 aromatic rings. The molecule has 0 aliphatic heterocycles. The van der Waals surface area contributed by atoms with E-state index in [1.54, 1.807) is 29.9 Å². The van der Waals surface area contributed by atoms with Crippen LogP contribution in [0.3, 0.4) is 0 Å². The van der Waals surface area contributed by atoms with Crippen LogP contribution in [-0.4, -0.2) is 26.7 Å². The van der Waals surface area contributed by atoms with Crippen LogP contribution in [0.25, 0.3) is 16.8 Å². The highest BCUT2D eigenvalue weighted by atomic mass is 35.5. The fourth-order valence-electron chi connectivity index (χ4n) is 2.85. The summed E-state index contributed by atoms with van der Waals surface area (Å²) >= 11 is 5.96. The molecule has 0 unspecified atom stereocenters. The Balaban J connectivity index is 1.60. The maximum absolute atomic E-state index is 14.0. The Bertz CT molecular complexity index is 1120. The van der Waals surface area contributed by atoms with E-state index < -0.39 is 5.82 Å². The third-order valence-electron chi connectivity index (χ3n) is 4.22. The summed E-state index contributed by atoms with van der Waals surface area (Å²) in [6.07, 6.45) is 3.25. The Morgan fingerprint density at radius 3 is 2.90 bits per heavy atom. The van der Waals surface area contributed by atoms with Gasteiger partial charge in [-0.2, -0.15) is 10.4 Å². The van der Waals surface area contributed by atoms with Crippen LogP contribution < -0.4 is 5.32 Å². The molecule has 0 aliphatic rings. The number of nitrogens with zero attached hydrogens (tertiary/aromatic N) is 4. The molecule has 154 valence electrons. The average Bonchev–Trinajstić information content (AvgIpc) is 3.31. The minimum atomic E-state index is -0.696. The monoisotopic (exact) mass is 427 g/mol. The summed E-state index contributed by atoms with van der Waals surface area (Å²) < 4.78 is 20.9. The lowest BCUT2D eigenvalue weighted by Gasteiger charge is -2.13. The second-order valence-electron chi connectivity index (χ2n) is 6.92. The fourth-order valence-corrected chi connectivity index (χ4v) is 3.10. The maximum atomic E-state index is 14.0. The summed E-state index contributed by atoms with van der Waals surface area (Å²) in [5, 5.41) is 16.2. The quantitative estimate of drug-likeness (QED) is 0.615. The predicted octanol–water partition coefficient (Wildman–Crippen LogP) is 3.98. The summed E-state index contributed by atoms with van der Waals surface area (Å²) in [5.41, 5.74) is 1.99. The number of rotatable bonds is 7. The van der Waals surface area contributed by atoms with Crippen molar-refractivity contribution >= 4 is 23.1 Å². The second-order valence-corrected chi connectivity index (χ2v) is 7.33. The van der Waals surface area contributed by atoms with Gasteiger partial charge in [-0.3, -0.25) is 9.48 Å². The Kier molecular flexibility index (Phi) is 6.33. The summed E-state index contributed by atoms with van der Waals surface area (Å²) in [7, 11) is 0. The van der Waals surface area contributed by atoms with Gasteiger partial charge in [0.05, 0.1) is 29.4 Å². The van der Waals surface area contributed by atoms with E-state index in [4.69, 9.17) is 21.3 Å². The number of benzene rings is 1. The van der Waals surface area contributed by atoms with Crippen molar-refractivity contribution < 1.29 is 13.6 Å². The minimum Gasteiger partial charge on any atom is -0.445 e. The number of carbonyl (C=O) groups is 1. The number of hydrogen-bond acceptors (Lipinski definition) is 5. The highest BCUT2D eigenvalue weighted by Gasteiger charge is 2.15. The molecule has 30 heavy (non-hydrogen) atoms. The van der Waals surface area contributed by atoms with Gasteiger partial charge in [0.25, 0.3) is 0 Å². The highest BCUT2D eigenvalue weighted by Crippen LogP contribution is 2.26. The number of carbonyl (C=O) groups excluding carboxylic acids is 1. The SMILES string of the molecule is C=C(C)c1nc(CC(=O)N[C@@H](C)Cn2ccc(-c3cc(F)c(C#N)c(Cl)c3)n2)co1. The molecule has 3 rings (SSSR count). The van der Waals surface area contributed by atoms with Crippen molar-refractivity contribution in [2.45, 2.75) is 32.9 Å². The molecule has 0 spiro atoms. The second kappa shape index (κ2) is 8.93. The van der Waals surface area contributed by atoms with Crippen molar-refractivity contribution in [1.29, 1.82) is 5.26 Å². The average molecular weight is 428 g/mol. The van der Waals surface area contributed by atoms with Gasteiger partial charge < -0.3 is 9.73 Å². The lowest BCUT2D eigenvalue weighted by atomic mass is 10.1. The predicted molar refractivity (Wildman–Crippen MR) is 110 cm³/mol. The van der Waals surface area contributed by atoms with Crippen LogP contribution in [0.1, 0.15) is 31.0 Å². The molecule has 0 saturated carbocycles. The molecule has 0 saturated heterocycles. The molecule has 0 radical (unpaired) electrons. The number of nitrogens with one attached hydrogen (secondary N) is 1. The van der Waals surface area contributed by atoms with Gasteiger partial charge in [-0.25, -0.2) is 9.37 Å². The van der Waals surface area contributed by atoms with Crippen molar-refractivity contribution in [3.63, 3.8) is 0 Å². The molecular weight excluding hydrogens is 409 g/mol. The van der Waals surface area contributed by atoms with Crippen molar-refractivity contribution in [2.24, 2.45) is 0 Å². The lowest BCUT2D eigenvalue weighted by molar-refractivity contribution is -0.121. The first kappa shape index (κ1) is 21.3. The molecule has 9 heteroatoms. The fraction of sp³-hybridized carbons (Fsp3) is 0.238. The first-order chi connectivity index (χ1) is 14.3. The van der Waals surface area contributed by atoms with E-state index in [-0.39, 0.29) is 29.0 Å². The van der Waals surface area contributed by atoms with Gasteiger partial charge in [-0.05, 0) is 32.0 Å². The van der Waals surface area contributed by atoms with Gasteiger partial charge >= 0.3 is 0 Å². The maximum Gasteiger partial charge on any atom is 0.226 e. The van der Waals surface area contributed by atoms with Gasteiger partial charge in [0.1, 0.15) is 23.7 Å². The zero-order valence-electron chi connectivity index (χ0n) is 16.4. The Labute approximate surface area is 177 Å². The molecule has 1 N–H and O–H groups in total. The molecular formula is C21H19ClFN5O2. The van der Waals surface area contributed by atoms with E-state index in [0.717, 1.165) is 0 Å². The molecule has 0 bridgehead atoms. The van der Waals surface area contributed by atoms with E-state index in [1.165, 1.54) is 18.4 Å². The van der Waals surface area contributed by atoms with E-state index in [1.807, 2.05) is 6.92 Å². The molecule has 0 fully saturated rings. The van der Waals surface area contributed by atoms with Crippen LogP contribution in [0.2, 0.25) is 5.02 Å². The van der Waals surface area contributed by atoms with Crippen LogP contribution >= 0.6 is 11.6 Å². The molecule has 1 aromatic carbocycles. The minimum absolute atomic E-state index is 0.0327. The molecule has 7 nitrogen and oxygen atoms in total. The van der Waals surface area contributed by atoms with E-state index in [0.29, 0.717) is 35.0 Å². The van der Waals surface area contributed by atoms with Gasteiger partial charge in [0, 0.05) is 23.4 Å². The highest BCUT2D eigenvalue weighted by molar-refractivity contribution is 6.32. The molecule has 1 amide bonds. The first-order valence-electron chi connectivity index (χ1n) is 9.09. The number of oxazole rings is 1. The molecule has 0 aliphatic carbocycles. The number of amides is 1. The Morgan fingerprint density at radius 2 is 2.27 bits per heavy atom. The standard InChI is InChI=1S/C21H19ClFN5O2/c1-12(2)21-26-15(11-30-21)8-20(29)25-13(3)10-28-5-4-19(27-28)14-6-17(22)16(9-24)18(23)7-14/h4-7,11,13H,1,8,10H2,2-3H3,(H,25,29)/t13-/m0/s1. The van der Waals surface area contributed by atoms with E-state index in [2.05, 4.69) is 22.0 Å². The van der Waals surface area contributed by atoms with E-state index in [9.17, 15) is 9.18 Å². The molecule has 1 atom stereocenters. The zero-order valence-corrected chi connectivity index (χ0v) is 17.2. The summed E-state index contributed by atoms with van der Waals surface area (Å²) in [6.45, 7) is 7.78. The van der Waals surface area contributed by atoms with Crippen molar-refractivity contribution in [3.8, 4) is 17.3 Å². The zero-order chi connectivity index (χ0) is 21.8. The van der Waals surface area contributed by atoms with Gasteiger partial charge in [-0.15, -0.1) is 0 Å². The van der Waals surface area contributed by atoms with Crippen LogP contribution in [0.5, 0.6) is 0 Å². The normalized spacial score (nSPS) is 11.7. The van der Waals surface area contributed by atoms with Crippen molar-refractivity contribution in [3.05, 3.63) is 65.2 Å². The third kappa shape index (κ3) is 4.93. The Morgan fingerprint density at radius 1 is 1.50 bits per heavy atom. The molecule has 2 heterocycles. The lowest BCUT2D eigenvalue weighted by Crippen LogP contribution is -2.36. The van der Waals surface area contributed by atoms with Gasteiger partial charge in [0.15, 0.2) is 0 Å². The third-order valence-corrected chi connectivity index (χ3v) is 4.52. The van der Waals surface area contributed by atoms with Crippen molar-refractivity contribution in [2.75, 3.05) is 0 Å². The van der Waals surface area contributed by atoms with E-state index >= 15 is 0 Å². The van der Waals surface area contributed by atoms with Crippen LogP contribution in [0.4, 0.5) is 4.39 Å². The van der Waals surface area contributed by atoms with Gasteiger partial charge in [0.2, 0.25) is 11.8 Å². The number of hydrogen-bond donors (Lipinski definition) is 1. The van der Waals surface area contributed by atoms with Crippen molar-refractivity contribution in [1.82, 2.24) is 20.1 Å². The molecule has 2 aromatic heterocycles. The largest absolute Gasteiger partial charge is 0.445 e. The van der Waals surface area contributed by atoms with Crippen LogP contribution in [-0.2, 0) is 17.8 Å². The smallest absolute Gasteiger partial charge is 0.226 e. The number of aromatic nitrogens is 3. The first-order valence-corrected chi connectivity index (χ1v) is 9.47. The summed E-state index contributed by atoms with van der Waals surface area (Å²) in [5.74, 6) is -0.482. The number of allylic oxidation sites excluding steroid dienone is 1. The Hall–Kier alpha value is -3.44. The van der Waals surface area contributed by atoms with Gasteiger partial charge in [-0.1, -0.05) is 18.2 Å².